The maximum Gasteiger partial charge on any atom is 0.307 e. The number of nitrogens with one attached hydrogen (secondary N) is 1. The molecule has 2 rings (SSSR count). The Labute approximate surface area is 107 Å². The van der Waals surface area contributed by atoms with Crippen molar-refractivity contribution in [1.82, 2.24) is 0 Å². The van der Waals surface area contributed by atoms with E-state index in [4.69, 9.17) is 10.8 Å². The molecule has 1 aliphatic rings. The highest BCUT2D eigenvalue weighted by Gasteiger charge is 2.48. The topological polar surface area (TPSA) is 109 Å². The molecule has 2 amide bonds. The molecule has 0 unspecified atom stereocenters. The van der Waals surface area contributed by atoms with Crippen molar-refractivity contribution in [3.8, 4) is 0 Å². The molecule has 0 spiro atoms. The Morgan fingerprint density at radius 3 is 2.53 bits per heavy atom. The quantitative estimate of drug-likeness (QED) is 0.740. The lowest BCUT2D eigenvalue weighted by atomic mass is 10.1. The first-order valence-corrected chi connectivity index (χ1v) is 5.53. The highest BCUT2D eigenvalue weighted by Crippen LogP contribution is 2.39. The number of halogens is 1. The largest absolute Gasteiger partial charge is 0.481 e. The second kappa shape index (κ2) is 4.68. The number of carboxylic acids is 1. The van der Waals surface area contributed by atoms with Crippen LogP contribution in [0.4, 0.5) is 10.1 Å². The summed E-state index contributed by atoms with van der Waals surface area (Å²) in [5.41, 5.74) is 4.85. The van der Waals surface area contributed by atoms with Gasteiger partial charge in [0.05, 0.1) is 17.4 Å². The number of rotatable bonds is 4. The summed E-state index contributed by atoms with van der Waals surface area (Å²) < 4.78 is 13.2. The average molecular weight is 266 g/mol. The predicted molar refractivity (Wildman–Crippen MR) is 62.8 cm³/mol. The van der Waals surface area contributed by atoms with Gasteiger partial charge in [0.2, 0.25) is 5.91 Å². The van der Waals surface area contributed by atoms with E-state index in [1.165, 1.54) is 6.07 Å². The molecule has 0 saturated heterocycles. The van der Waals surface area contributed by atoms with Crippen LogP contribution in [-0.4, -0.2) is 22.9 Å². The molecule has 7 heteroatoms. The molecule has 19 heavy (non-hydrogen) atoms. The summed E-state index contributed by atoms with van der Waals surface area (Å²) in [6.07, 6.45) is 0.283. The monoisotopic (exact) mass is 266 g/mol. The maximum absolute atomic E-state index is 13.2. The van der Waals surface area contributed by atoms with Crippen LogP contribution < -0.4 is 11.1 Å². The summed E-state index contributed by atoms with van der Waals surface area (Å²) in [4.78, 5) is 33.2. The van der Waals surface area contributed by atoms with Gasteiger partial charge in [-0.05, 0) is 24.6 Å². The summed E-state index contributed by atoms with van der Waals surface area (Å²) in [6.45, 7) is 0. The SMILES string of the molecule is NC(=O)c1cc(NC(=O)[C@@H]2C[C@@H]2C(=O)O)ccc1F. The third-order valence-corrected chi connectivity index (χ3v) is 2.94. The van der Waals surface area contributed by atoms with Gasteiger partial charge in [0.1, 0.15) is 5.82 Å². The molecule has 4 N–H and O–H groups in total. The molecule has 0 heterocycles. The van der Waals surface area contributed by atoms with E-state index >= 15 is 0 Å². The number of carbonyl (C=O) groups excluding carboxylic acids is 2. The Morgan fingerprint density at radius 1 is 1.32 bits per heavy atom. The number of anilines is 1. The van der Waals surface area contributed by atoms with E-state index in [0.717, 1.165) is 12.1 Å². The molecule has 0 radical (unpaired) electrons. The summed E-state index contributed by atoms with van der Waals surface area (Å²) in [7, 11) is 0. The second-order valence-corrected chi connectivity index (χ2v) is 4.34. The zero-order valence-electron chi connectivity index (χ0n) is 9.72. The molecule has 0 aliphatic heterocycles. The summed E-state index contributed by atoms with van der Waals surface area (Å²) in [5, 5.41) is 11.1. The van der Waals surface area contributed by atoms with Gasteiger partial charge in [-0.2, -0.15) is 0 Å². The highest BCUT2D eigenvalue weighted by atomic mass is 19.1. The zero-order chi connectivity index (χ0) is 14.2. The molecule has 100 valence electrons. The van der Waals surface area contributed by atoms with Gasteiger partial charge in [0, 0.05) is 5.69 Å². The number of carboxylic acid groups (broad SMARTS) is 1. The van der Waals surface area contributed by atoms with E-state index in [1.54, 1.807) is 0 Å². The van der Waals surface area contributed by atoms with Crippen LogP contribution in [-0.2, 0) is 9.59 Å². The molecule has 1 aromatic carbocycles. The van der Waals surface area contributed by atoms with Crippen LogP contribution in [0.1, 0.15) is 16.8 Å². The van der Waals surface area contributed by atoms with Crippen LogP contribution in [0.5, 0.6) is 0 Å². The lowest BCUT2D eigenvalue weighted by Crippen LogP contribution is -2.18. The van der Waals surface area contributed by atoms with Crippen LogP contribution in [0.2, 0.25) is 0 Å². The normalized spacial score (nSPS) is 20.7. The maximum atomic E-state index is 13.2. The molecular formula is C12H11FN2O4. The number of amides is 2. The minimum Gasteiger partial charge on any atom is -0.481 e. The average Bonchev–Trinajstić information content (AvgIpc) is 3.11. The van der Waals surface area contributed by atoms with Gasteiger partial charge < -0.3 is 16.2 Å². The van der Waals surface area contributed by atoms with Crippen molar-refractivity contribution < 1.29 is 23.9 Å². The second-order valence-electron chi connectivity index (χ2n) is 4.34. The van der Waals surface area contributed by atoms with Crippen LogP contribution >= 0.6 is 0 Å². The predicted octanol–water partition coefficient (Wildman–Crippen LogP) is 0.584. The smallest absolute Gasteiger partial charge is 0.307 e. The Hall–Kier alpha value is -2.44. The number of primary amides is 1. The summed E-state index contributed by atoms with van der Waals surface area (Å²) in [6, 6.07) is 3.41. The molecular weight excluding hydrogens is 255 g/mol. The van der Waals surface area contributed by atoms with Gasteiger partial charge in [0.25, 0.3) is 5.91 Å². The van der Waals surface area contributed by atoms with Crippen LogP contribution in [0.15, 0.2) is 18.2 Å². The Balaban J connectivity index is 2.08. The first kappa shape index (κ1) is 13.0. The van der Waals surface area contributed by atoms with Gasteiger partial charge in [-0.1, -0.05) is 0 Å². The molecule has 1 aromatic rings. The van der Waals surface area contributed by atoms with Crippen LogP contribution in [0.25, 0.3) is 0 Å². The fourth-order valence-electron chi connectivity index (χ4n) is 1.78. The lowest BCUT2D eigenvalue weighted by Gasteiger charge is -2.06. The van der Waals surface area contributed by atoms with Gasteiger partial charge in [-0.3, -0.25) is 14.4 Å². The Bertz CT molecular complexity index is 573. The third kappa shape index (κ3) is 2.70. The first-order valence-electron chi connectivity index (χ1n) is 5.53. The van der Waals surface area contributed by atoms with E-state index in [2.05, 4.69) is 5.32 Å². The van der Waals surface area contributed by atoms with E-state index in [0.29, 0.717) is 0 Å². The van der Waals surface area contributed by atoms with Gasteiger partial charge in [-0.15, -0.1) is 0 Å². The molecule has 1 aliphatic carbocycles. The number of carbonyl (C=O) groups is 3. The van der Waals surface area contributed by atoms with Crippen molar-refractivity contribution in [3.05, 3.63) is 29.6 Å². The third-order valence-electron chi connectivity index (χ3n) is 2.94. The van der Waals surface area contributed by atoms with Crippen molar-refractivity contribution in [1.29, 1.82) is 0 Å². The molecule has 0 aromatic heterocycles. The number of hydrogen-bond donors (Lipinski definition) is 3. The van der Waals surface area contributed by atoms with Crippen molar-refractivity contribution in [2.75, 3.05) is 5.32 Å². The number of nitrogens with two attached hydrogens (primary N) is 1. The summed E-state index contributed by atoms with van der Waals surface area (Å²) in [5.74, 6) is -4.45. The van der Waals surface area contributed by atoms with E-state index in [-0.39, 0.29) is 17.7 Å². The minimum atomic E-state index is -1.02. The number of hydrogen-bond acceptors (Lipinski definition) is 3. The summed E-state index contributed by atoms with van der Waals surface area (Å²) >= 11 is 0. The molecule has 2 atom stereocenters. The Morgan fingerprint density at radius 2 is 2.00 bits per heavy atom. The van der Waals surface area contributed by atoms with E-state index in [1.807, 2.05) is 0 Å². The molecule has 0 bridgehead atoms. The molecule has 1 fully saturated rings. The fourth-order valence-corrected chi connectivity index (χ4v) is 1.78. The number of aliphatic carboxylic acids is 1. The molecule has 6 nitrogen and oxygen atoms in total. The van der Waals surface area contributed by atoms with Crippen molar-refractivity contribution in [2.45, 2.75) is 6.42 Å². The van der Waals surface area contributed by atoms with Gasteiger partial charge >= 0.3 is 5.97 Å². The van der Waals surface area contributed by atoms with Crippen molar-refractivity contribution >= 4 is 23.5 Å². The van der Waals surface area contributed by atoms with Crippen LogP contribution in [0, 0.1) is 17.7 Å². The van der Waals surface area contributed by atoms with Crippen molar-refractivity contribution in [3.63, 3.8) is 0 Å². The van der Waals surface area contributed by atoms with Crippen molar-refractivity contribution in [2.24, 2.45) is 17.6 Å². The van der Waals surface area contributed by atoms with Gasteiger partial charge in [0.15, 0.2) is 0 Å². The lowest BCUT2D eigenvalue weighted by molar-refractivity contribution is -0.139. The molecule has 1 saturated carbocycles. The Kier molecular flexibility index (Phi) is 3.20. The zero-order valence-corrected chi connectivity index (χ0v) is 9.72. The van der Waals surface area contributed by atoms with Crippen LogP contribution in [0.3, 0.4) is 0 Å². The fraction of sp³-hybridized carbons (Fsp3) is 0.250. The highest BCUT2D eigenvalue weighted by molar-refractivity contribution is 6.00. The van der Waals surface area contributed by atoms with Gasteiger partial charge in [-0.25, -0.2) is 4.39 Å². The minimum absolute atomic E-state index is 0.205. The number of benzene rings is 1. The first-order chi connectivity index (χ1) is 8.90. The standard InChI is InChI=1S/C12H11FN2O4/c13-9-2-1-5(3-8(9)10(14)16)15-11(17)6-4-7(6)12(18)19/h1-3,6-7H,4H2,(H2,14,16)(H,15,17)(H,18,19)/t6-,7+/m1/s1. The van der Waals surface area contributed by atoms with E-state index in [9.17, 15) is 18.8 Å². The van der Waals surface area contributed by atoms with E-state index < -0.39 is 35.4 Å².